The Hall–Kier alpha value is -1.14. The van der Waals surface area contributed by atoms with Crippen molar-refractivity contribution in [2.45, 2.75) is 6.92 Å². The van der Waals surface area contributed by atoms with E-state index in [1.54, 1.807) is 18.2 Å². The van der Waals surface area contributed by atoms with Crippen molar-refractivity contribution in [2.75, 3.05) is 0 Å². The number of carbonyl (C=O) groups is 1. The van der Waals surface area contributed by atoms with Crippen LogP contribution in [-0.4, -0.2) is 5.78 Å². The summed E-state index contributed by atoms with van der Waals surface area (Å²) in [7, 11) is 0. The van der Waals surface area contributed by atoms with E-state index in [1.807, 2.05) is 6.07 Å². The Kier molecular flexibility index (Phi) is 2.61. The van der Waals surface area contributed by atoms with Crippen molar-refractivity contribution in [1.82, 2.24) is 0 Å². The van der Waals surface area contributed by atoms with Gasteiger partial charge in [-0.25, -0.2) is 0 Å². The second-order valence-corrected chi connectivity index (χ2v) is 3.22. The molecule has 0 aliphatic rings. The number of hydrogen-bond acceptors (Lipinski definition) is 2. The first-order chi connectivity index (χ1) is 5.65. The Morgan fingerprint density at radius 3 is 2.67 bits per heavy atom. The molecule has 0 bridgehead atoms. The molecule has 0 saturated carbocycles. The van der Waals surface area contributed by atoms with E-state index in [9.17, 15) is 4.79 Å². The molecule has 12 heavy (non-hydrogen) atoms. The molecule has 1 rings (SSSR count). The molecule has 3 heteroatoms. The summed E-state index contributed by atoms with van der Waals surface area (Å²) in [4.78, 5) is 11.0. The predicted molar refractivity (Wildman–Crippen MR) is 48.9 cm³/mol. The first kappa shape index (κ1) is 8.95. The van der Waals surface area contributed by atoms with Gasteiger partial charge in [-0.15, -0.1) is 0 Å². The summed E-state index contributed by atoms with van der Waals surface area (Å²) in [6, 6.07) is 6.90. The highest BCUT2D eigenvalue weighted by Gasteiger charge is 2.04. The molecule has 0 amide bonds. The van der Waals surface area contributed by atoms with Gasteiger partial charge in [0.2, 0.25) is 0 Å². The van der Waals surface area contributed by atoms with Crippen molar-refractivity contribution in [3.05, 3.63) is 33.8 Å². The van der Waals surface area contributed by atoms with Crippen LogP contribution in [0.15, 0.2) is 22.7 Å². The summed E-state index contributed by atoms with van der Waals surface area (Å²) >= 11 is 3.22. The number of Topliss-reactive ketones (excluding diaryl/α,β-unsaturated/α-hetero) is 1. The number of ketones is 1. The molecular weight excluding hydrogens is 218 g/mol. The van der Waals surface area contributed by atoms with E-state index in [0.717, 1.165) is 0 Å². The largest absolute Gasteiger partial charge is 0.294 e. The summed E-state index contributed by atoms with van der Waals surface area (Å²) in [6.45, 7) is 1.49. The second-order valence-electron chi connectivity index (χ2n) is 2.36. The number of nitrogens with zero attached hydrogens (tertiary/aromatic N) is 1. The maximum absolute atomic E-state index is 11.0. The van der Waals surface area contributed by atoms with Gasteiger partial charge in [0.15, 0.2) is 5.78 Å². The summed E-state index contributed by atoms with van der Waals surface area (Å²) < 4.78 is 0.675. The summed E-state index contributed by atoms with van der Waals surface area (Å²) in [5.74, 6) is -0.00800. The van der Waals surface area contributed by atoms with E-state index in [-0.39, 0.29) is 5.78 Å². The maximum Gasteiger partial charge on any atom is 0.160 e. The molecule has 0 fully saturated rings. The lowest BCUT2D eigenvalue weighted by atomic mass is 10.1. The molecule has 0 saturated heterocycles. The molecule has 0 heterocycles. The Labute approximate surface area is 78.9 Å². The van der Waals surface area contributed by atoms with Crippen molar-refractivity contribution >= 4 is 21.7 Å². The Balaban J connectivity index is 3.23. The number of rotatable bonds is 1. The van der Waals surface area contributed by atoms with Gasteiger partial charge in [-0.3, -0.25) is 4.79 Å². The van der Waals surface area contributed by atoms with E-state index in [2.05, 4.69) is 15.9 Å². The minimum atomic E-state index is -0.00800. The molecule has 0 spiro atoms. The molecular formula is C9H6BrNO. The van der Waals surface area contributed by atoms with E-state index in [1.165, 1.54) is 6.92 Å². The van der Waals surface area contributed by atoms with Crippen LogP contribution in [0.25, 0.3) is 0 Å². The molecule has 60 valence electrons. The number of carbonyl (C=O) groups excluding carboxylic acids is 1. The van der Waals surface area contributed by atoms with Gasteiger partial charge >= 0.3 is 0 Å². The molecule has 0 aromatic heterocycles. The lowest BCUT2D eigenvalue weighted by Gasteiger charge is -1.98. The van der Waals surface area contributed by atoms with Crippen molar-refractivity contribution in [3.8, 4) is 6.07 Å². The van der Waals surface area contributed by atoms with Crippen LogP contribution in [0.3, 0.4) is 0 Å². The summed E-state index contributed by atoms with van der Waals surface area (Å²) in [5, 5.41) is 8.54. The Morgan fingerprint density at radius 1 is 1.58 bits per heavy atom. The van der Waals surface area contributed by atoms with Crippen LogP contribution in [0.1, 0.15) is 22.8 Å². The minimum absolute atomic E-state index is 0.00800. The minimum Gasteiger partial charge on any atom is -0.294 e. The van der Waals surface area contributed by atoms with Crippen LogP contribution >= 0.6 is 15.9 Å². The molecule has 0 aliphatic carbocycles. The third-order valence-corrected chi connectivity index (χ3v) is 2.13. The number of nitriles is 1. The van der Waals surface area contributed by atoms with Gasteiger partial charge in [-0.05, 0) is 25.1 Å². The highest BCUT2D eigenvalue weighted by molar-refractivity contribution is 9.10. The van der Waals surface area contributed by atoms with Gasteiger partial charge in [0.25, 0.3) is 0 Å². The third kappa shape index (κ3) is 1.72. The van der Waals surface area contributed by atoms with E-state index >= 15 is 0 Å². The van der Waals surface area contributed by atoms with Crippen LogP contribution in [0.5, 0.6) is 0 Å². The van der Waals surface area contributed by atoms with E-state index in [4.69, 9.17) is 5.26 Å². The number of benzene rings is 1. The molecule has 0 unspecified atom stereocenters. The summed E-state index contributed by atoms with van der Waals surface area (Å²) in [5.41, 5.74) is 1.15. The quantitative estimate of drug-likeness (QED) is 0.687. The van der Waals surface area contributed by atoms with Gasteiger partial charge in [0, 0.05) is 10.0 Å². The SMILES string of the molecule is CC(=O)c1ccc(C#N)cc1Br. The average Bonchev–Trinajstić information content (AvgIpc) is 2.03. The standard InChI is InChI=1S/C9H6BrNO/c1-6(12)8-3-2-7(5-11)4-9(8)10/h2-4H,1H3. The van der Waals surface area contributed by atoms with Gasteiger partial charge in [-0.1, -0.05) is 15.9 Å². The Bertz CT molecular complexity index is 365. The zero-order chi connectivity index (χ0) is 9.14. The normalized spacial score (nSPS) is 9.08. The fourth-order valence-electron chi connectivity index (χ4n) is 0.870. The van der Waals surface area contributed by atoms with Crippen LogP contribution in [0, 0.1) is 11.3 Å². The van der Waals surface area contributed by atoms with Crippen molar-refractivity contribution in [1.29, 1.82) is 5.26 Å². The fraction of sp³-hybridized carbons (Fsp3) is 0.111. The monoisotopic (exact) mass is 223 g/mol. The van der Waals surface area contributed by atoms with Crippen LogP contribution in [0.2, 0.25) is 0 Å². The zero-order valence-corrected chi connectivity index (χ0v) is 8.05. The van der Waals surface area contributed by atoms with E-state index < -0.39 is 0 Å². The topological polar surface area (TPSA) is 40.9 Å². The first-order valence-corrected chi connectivity index (χ1v) is 4.15. The average molecular weight is 224 g/mol. The zero-order valence-electron chi connectivity index (χ0n) is 6.47. The molecule has 0 atom stereocenters. The Morgan fingerprint density at radius 2 is 2.25 bits per heavy atom. The number of hydrogen-bond donors (Lipinski definition) is 0. The van der Waals surface area contributed by atoms with Crippen LogP contribution in [-0.2, 0) is 0 Å². The predicted octanol–water partition coefficient (Wildman–Crippen LogP) is 2.52. The second kappa shape index (κ2) is 3.51. The highest BCUT2D eigenvalue weighted by Crippen LogP contribution is 2.18. The molecule has 1 aromatic carbocycles. The lowest BCUT2D eigenvalue weighted by Crippen LogP contribution is -1.93. The van der Waals surface area contributed by atoms with Crippen molar-refractivity contribution in [3.63, 3.8) is 0 Å². The van der Waals surface area contributed by atoms with Gasteiger partial charge < -0.3 is 0 Å². The van der Waals surface area contributed by atoms with Crippen LogP contribution in [0.4, 0.5) is 0 Å². The van der Waals surface area contributed by atoms with Gasteiger partial charge in [0.1, 0.15) is 0 Å². The van der Waals surface area contributed by atoms with Crippen molar-refractivity contribution < 1.29 is 4.79 Å². The molecule has 1 aromatic rings. The van der Waals surface area contributed by atoms with Crippen LogP contribution < -0.4 is 0 Å². The highest BCUT2D eigenvalue weighted by atomic mass is 79.9. The first-order valence-electron chi connectivity index (χ1n) is 3.35. The third-order valence-electron chi connectivity index (χ3n) is 1.48. The lowest BCUT2D eigenvalue weighted by molar-refractivity contribution is 0.101. The van der Waals surface area contributed by atoms with Gasteiger partial charge in [-0.2, -0.15) is 5.26 Å². The van der Waals surface area contributed by atoms with Gasteiger partial charge in [0.05, 0.1) is 11.6 Å². The fourth-order valence-corrected chi connectivity index (χ4v) is 1.53. The molecule has 0 radical (unpaired) electrons. The smallest absolute Gasteiger partial charge is 0.160 e. The molecule has 2 nitrogen and oxygen atoms in total. The molecule has 0 N–H and O–H groups in total. The summed E-state index contributed by atoms with van der Waals surface area (Å²) in [6.07, 6.45) is 0. The van der Waals surface area contributed by atoms with Crippen molar-refractivity contribution in [2.24, 2.45) is 0 Å². The van der Waals surface area contributed by atoms with E-state index in [0.29, 0.717) is 15.6 Å². The maximum atomic E-state index is 11.0. The molecule has 0 aliphatic heterocycles. The number of halogens is 1.